The van der Waals surface area contributed by atoms with Crippen LogP contribution < -0.4 is 14.8 Å². The molecule has 1 aliphatic heterocycles. The normalized spacial score (nSPS) is 16.5. The summed E-state index contributed by atoms with van der Waals surface area (Å²) in [4.78, 5) is 18.7. The van der Waals surface area contributed by atoms with Gasteiger partial charge in [-0.25, -0.2) is 9.48 Å². The van der Waals surface area contributed by atoms with Crippen molar-refractivity contribution in [3.63, 3.8) is 0 Å². The summed E-state index contributed by atoms with van der Waals surface area (Å²) in [5.74, 6) is 1.81. The summed E-state index contributed by atoms with van der Waals surface area (Å²) in [6, 6.07) is 18.6. The Balaban J connectivity index is 1.36. The van der Waals surface area contributed by atoms with E-state index in [-0.39, 0.29) is 18.7 Å². The quantitative estimate of drug-likeness (QED) is 0.127. The summed E-state index contributed by atoms with van der Waals surface area (Å²) in [5.41, 5.74) is 3.70. The molecule has 240 valence electrons. The van der Waals surface area contributed by atoms with E-state index < -0.39 is 6.04 Å². The lowest BCUT2D eigenvalue weighted by Crippen LogP contribution is -2.32. The van der Waals surface area contributed by atoms with E-state index in [9.17, 15) is 4.79 Å². The van der Waals surface area contributed by atoms with Crippen LogP contribution in [0.5, 0.6) is 11.5 Å². The minimum atomic E-state index is -0.636. The number of rotatable bonds is 10. The lowest BCUT2D eigenvalue weighted by Gasteiger charge is -2.30. The molecule has 0 amide bonds. The van der Waals surface area contributed by atoms with Gasteiger partial charge in [0.15, 0.2) is 11.5 Å². The van der Waals surface area contributed by atoms with Crippen molar-refractivity contribution in [2.24, 2.45) is 0 Å². The molecule has 46 heavy (non-hydrogen) atoms. The molecule has 2 aliphatic rings. The number of hydrogen-bond donors (Lipinski definition) is 1. The first-order valence-electron chi connectivity index (χ1n) is 15.1. The molecule has 1 unspecified atom stereocenters. The Morgan fingerprint density at radius 2 is 1.80 bits per heavy atom. The topological polar surface area (TPSA) is 87.5 Å². The third kappa shape index (κ3) is 7.20. The average molecular weight is 745 g/mol. The third-order valence-corrected chi connectivity index (χ3v) is 10.3. The van der Waals surface area contributed by atoms with Crippen LogP contribution in [-0.2, 0) is 21.9 Å². The van der Waals surface area contributed by atoms with Gasteiger partial charge >= 0.3 is 5.97 Å². The predicted octanol–water partition coefficient (Wildman–Crippen LogP) is 9.39. The highest BCUT2D eigenvalue weighted by Gasteiger charge is 2.37. The first-order valence-corrected chi connectivity index (χ1v) is 17.6. The van der Waals surface area contributed by atoms with Crippen LogP contribution in [0.2, 0.25) is 10.0 Å². The van der Waals surface area contributed by atoms with E-state index in [1.165, 1.54) is 11.8 Å². The number of halogens is 3. The maximum absolute atomic E-state index is 13.9. The minimum Gasteiger partial charge on any atom is -0.493 e. The summed E-state index contributed by atoms with van der Waals surface area (Å²) < 4.78 is 20.5. The smallest absolute Gasteiger partial charge is 0.338 e. The van der Waals surface area contributed by atoms with Gasteiger partial charge in [-0.05, 0) is 83.9 Å². The number of methoxy groups -OCH3 is 1. The van der Waals surface area contributed by atoms with Gasteiger partial charge in [-0.2, -0.15) is 4.98 Å². The molecular weight excluding hydrogens is 711 g/mol. The standard InChI is InChI=1S/C34H33BrCl2N4O4S/c1-20-29(32(42)45-23-12-7-4-8-13-23)30(41-33(38-20)39-34(40-41)46-19-21-10-5-3-6-11-21)22-16-25(35)31(28(17-22)43-2)44-18-24-26(36)14-9-15-27(24)37/h3,5-6,9-11,14-17,23,30H,4,7-8,12-13,18-19H2,1-2H3,(H,38,39,40). The fourth-order valence-corrected chi connectivity index (χ4v) is 7.60. The van der Waals surface area contributed by atoms with Crippen molar-refractivity contribution in [1.82, 2.24) is 14.8 Å². The van der Waals surface area contributed by atoms with Crippen LogP contribution in [0.15, 0.2) is 81.6 Å². The summed E-state index contributed by atoms with van der Waals surface area (Å²) in [6.45, 7) is 2.00. The predicted molar refractivity (Wildman–Crippen MR) is 185 cm³/mol. The van der Waals surface area contributed by atoms with Gasteiger partial charge in [0, 0.05) is 27.1 Å². The van der Waals surface area contributed by atoms with E-state index in [0.717, 1.165) is 43.2 Å². The van der Waals surface area contributed by atoms with E-state index in [4.69, 9.17) is 47.5 Å². The molecule has 0 bridgehead atoms. The Morgan fingerprint density at radius 1 is 1.07 bits per heavy atom. The van der Waals surface area contributed by atoms with E-state index in [1.54, 1.807) is 30.0 Å². The number of esters is 1. The minimum absolute atomic E-state index is 0.106. The van der Waals surface area contributed by atoms with Crippen molar-refractivity contribution in [2.75, 3.05) is 12.4 Å². The molecule has 3 aromatic carbocycles. The molecule has 4 aromatic rings. The summed E-state index contributed by atoms with van der Waals surface area (Å²) in [5, 5.41) is 9.81. The second-order valence-corrected chi connectivity index (χ2v) is 13.8. The molecule has 1 aromatic heterocycles. The van der Waals surface area contributed by atoms with E-state index in [1.807, 2.05) is 37.3 Å². The number of carbonyl (C=O) groups is 1. The molecule has 1 saturated carbocycles. The number of fused-ring (bicyclic) bond motifs is 1. The second-order valence-electron chi connectivity index (χ2n) is 11.2. The van der Waals surface area contributed by atoms with Gasteiger partial charge in [0.05, 0.1) is 17.2 Å². The van der Waals surface area contributed by atoms with Gasteiger partial charge in [0.1, 0.15) is 18.8 Å². The fourth-order valence-electron chi connectivity index (χ4n) is 5.74. The van der Waals surface area contributed by atoms with Crippen molar-refractivity contribution >= 4 is 62.8 Å². The lowest BCUT2D eigenvalue weighted by atomic mass is 9.94. The van der Waals surface area contributed by atoms with Gasteiger partial charge in [0.2, 0.25) is 11.1 Å². The molecule has 6 rings (SSSR count). The van der Waals surface area contributed by atoms with E-state index in [2.05, 4.69) is 33.4 Å². The zero-order chi connectivity index (χ0) is 32.2. The number of nitrogens with one attached hydrogen (secondary N) is 1. The number of nitrogens with zero attached hydrogens (tertiary/aromatic N) is 3. The molecule has 2 heterocycles. The summed E-state index contributed by atoms with van der Waals surface area (Å²) >= 11 is 18.0. The summed E-state index contributed by atoms with van der Waals surface area (Å²) in [6.07, 6.45) is 4.90. The van der Waals surface area contributed by atoms with Gasteiger partial charge in [-0.15, -0.1) is 5.10 Å². The molecule has 1 fully saturated rings. The number of allylic oxidation sites excluding steroid dienone is 1. The molecule has 1 N–H and O–H groups in total. The number of aromatic nitrogens is 3. The molecule has 0 radical (unpaired) electrons. The summed E-state index contributed by atoms with van der Waals surface area (Å²) in [7, 11) is 1.57. The average Bonchev–Trinajstić information content (AvgIpc) is 3.46. The highest BCUT2D eigenvalue weighted by molar-refractivity contribution is 9.10. The number of carbonyl (C=O) groups excluding carboxylic acids is 1. The van der Waals surface area contributed by atoms with Crippen LogP contribution in [0.1, 0.15) is 61.8 Å². The number of hydrogen-bond acceptors (Lipinski definition) is 8. The van der Waals surface area contributed by atoms with Gasteiger partial charge in [-0.3, -0.25) is 0 Å². The van der Waals surface area contributed by atoms with Crippen LogP contribution in [-0.4, -0.2) is 33.9 Å². The first-order chi connectivity index (χ1) is 22.3. The molecular formula is C34H33BrCl2N4O4S. The van der Waals surface area contributed by atoms with E-state index in [0.29, 0.717) is 59.7 Å². The SMILES string of the molecule is COc1cc(C2C(C(=O)OC3CCCCC3)=C(C)Nc3nc(SCc4ccccc4)nn32)cc(Br)c1OCc1c(Cl)cccc1Cl. The molecule has 12 heteroatoms. The zero-order valence-corrected chi connectivity index (χ0v) is 29.3. The van der Waals surface area contributed by atoms with Crippen LogP contribution >= 0.6 is 50.9 Å². The van der Waals surface area contributed by atoms with Crippen molar-refractivity contribution in [3.8, 4) is 11.5 Å². The van der Waals surface area contributed by atoms with E-state index >= 15 is 0 Å². The highest BCUT2D eigenvalue weighted by Crippen LogP contribution is 2.44. The Kier molecular flexibility index (Phi) is 10.5. The highest BCUT2D eigenvalue weighted by atomic mass is 79.9. The Hall–Kier alpha value is -3.18. The lowest BCUT2D eigenvalue weighted by molar-refractivity contribution is -0.146. The van der Waals surface area contributed by atoms with Crippen molar-refractivity contribution in [1.29, 1.82) is 0 Å². The van der Waals surface area contributed by atoms with Gasteiger partial charge in [-0.1, -0.05) is 77.8 Å². The number of ether oxygens (including phenoxy) is 3. The van der Waals surface area contributed by atoms with Crippen LogP contribution in [0.4, 0.5) is 5.95 Å². The van der Waals surface area contributed by atoms with Crippen molar-refractivity contribution < 1.29 is 19.0 Å². The van der Waals surface area contributed by atoms with Crippen LogP contribution in [0.3, 0.4) is 0 Å². The third-order valence-electron chi connectivity index (χ3n) is 8.08. The maximum Gasteiger partial charge on any atom is 0.338 e. The van der Waals surface area contributed by atoms with Crippen LogP contribution in [0, 0.1) is 0 Å². The Morgan fingerprint density at radius 3 is 2.52 bits per heavy atom. The monoisotopic (exact) mass is 742 g/mol. The van der Waals surface area contributed by atoms with Gasteiger partial charge < -0.3 is 19.5 Å². The van der Waals surface area contributed by atoms with Crippen LogP contribution in [0.25, 0.3) is 0 Å². The fraction of sp³-hybridized carbons (Fsp3) is 0.324. The van der Waals surface area contributed by atoms with Crippen molar-refractivity contribution in [3.05, 3.63) is 103 Å². The maximum atomic E-state index is 13.9. The molecule has 1 atom stereocenters. The number of thioether (sulfide) groups is 1. The molecule has 1 aliphatic carbocycles. The van der Waals surface area contributed by atoms with Crippen molar-refractivity contribution in [2.45, 2.75) is 68.7 Å². The van der Waals surface area contributed by atoms with Gasteiger partial charge in [0.25, 0.3) is 0 Å². The zero-order valence-electron chi connectivity index (χ0n) is 25.4. The molecule has 0 spiro atoms. The molecule has 8 nitrogen and oxygen atoms in total. The Labute approximate surface area is 290 Å². The Bertz CT molecular complexity index is 1740. The first kappa shape index (κ1) is 32.7. The largest absolute Gasteiger partial charge is 0.493 e. The second kappa shape index (κ2) is 14.7. The number of anilines is 1. The molecule has 0 saturated heterocycles. The number of benzene rings is 3.